The van der Waals surface area contributed by atoms with Gasteiger partial charge in [-0.25, -0.2) is 0 Å². The summed E-state index contributed by atoms with van der Waals surface area (Å²) in [6.45, 7) is 2.14. The van der Waals surface area contributed by atoms with Crippen molar-refractivity contribution in [2.75, 3.05) is 0 Å². The summed E-state index contributed by atoms with van der Waals surface area (Å²) in [6.07, 6.45) is 1.02. The van der Waals surface area contributed by atoms with Crippen LogP contribution in [0.2, 0.25) is 0 Å². The lowest BCUT2D eigenvalue weighted by molar-refractivity contribution is 1.17. The van der Waals surface area contributed by atoms with Crippen LogP contribution in [0.1, 0.15) is 16.7 Å². The molecular formula is C14H12I2. The maximum atomic E-state index is 2.39. The fraction of sp³-hybridized carbons (Fsp3) is 0.143. The molecule has 2 heteroatoms. The molecule has 2 aromatic rings. The molecule has 2 rings (SSSR count). The van der Waals surface area contributed by atoms with E-state index in [1.54, 1.807) is 0 Å². The first-order chi connectivity index (χ1) is 7.65. The van der Waals surface area contributed by atoms with Crippen LogP contribution in [0, 0.1) is 14.1 Å². The van der Waals surface area contributed by atoms with Gasteiger partial charge in [-0.1, -0.05) is 35.9 Å². The van der Waals surface area contributed by atoms with Crippen molar-refractivity contribution >= 4 is 45.2 Å². The molecule has 0 radical (unpaired) electrons. The highest BCUT2D eigenvalue weighted by molar-refractivity contribution is 14.1. The lowest BCUT2D eigenvalue weighted by atomic mass is 10.0. The van der Waals surface area contributed by atoms with Crippen molar-refractivity contribution in [2.45, 2.75) is 13.3 Å². The van der Waals surface area contributed by atoms with E-state index in [4.69, 9.17) is 0 Å². The van der Waals surface area contributed by atoms with Crippen molar-refractivity contribution in [3.05, 3.63) is 66.3 Å². The van der Waals surface area contributed by atoms with Crippen molar-refractivity contribution < 1.29 is 0 Å². The molecule has 0 aromatic heterocycles. The zero-order chi connectivity index (χ0) is 11.5. The van der Waals surface area contributed by atoms with Gasteiger partial charge in [-0.15, -0.1) is 0 Å². The first-order valence-electron chi connectivity index (χ1n) is 5.14. The maximum Gasteiger partial charge on any atom is 0.0266 e. The Balaban J connectivity index is 2.24. The minimum absolute atomic E-state index is 1.02. The van der Waals surface area contributed by atoms with Gasteiger partial charge in [0.2, 0.25) is 0 Å². The summed E-state index contributed by atoms with van der Waals surface area (Å²) in [5.74, 6) is 0. The number of rotatable bonds is 2. The van der Waals surface area contributed by atoms with Crippen molar-refractivity contribution in [1.82, 2.24) is 0 Å². The highest BCUT2D eigenvalue weighted by Crippen LogP contribution is 2.19. The van der Waals surface area contributed by atoms with E-state index in [-0.39, 0.29) is 0 Å². The van der Waals surface area contributed by atoms with Crippen LogP contribution < -0.4 is 0 Å². The molecule has 0 nitrogen and oxygen atoms in total. The van der Waals surface area contributed by atoms with Crippen LogP contribution in [0.25, 0.3) is 0 Å². The van der Waals surface area contributed by atoms with Gasteiger partial charge in [-0.05, 0) is 81.8 Å². The predicted octanol–water partition coefficient (Wildman–Crippen LogP) is 4.80. The van der Waals surface area contributed by atoms with E-state index in [0.29, 0.717) is 0 Å². The second-order valence-electron chi connectivity index (χ2n) is 3.91. The van der Waals surface area contributed by atoms with Gasteiger partial charge in [0, 0.05) is 7.14 Å². The summed E-state index contributed by atoms with van der Waals surface area (Å²) in [4.78, 5) is 0. The Morgan fingerprint density at radius 1 is 0.875 bits per heavy atom. The maximum absolute atomic E-state index is 2.39. The number of hydrogen-bond donors (Lipinski definition) is 0. The molecule has 0 aliphatic rings. The number of benzene rings is 2. The Kier molecular flexibility index (Phi) is 4.24. The third-order valence-corrected chi connectivity index (χ3v) is 5.34. The van der Waals surface area contributed by atoms with Crippen molar-refractivity contribution in [2.24, 2.45) is 0 Å². The molecule has 16 heavy (non-hydrogen) atoms. The molecule has 0 atom stereocenters. The highest BCUT2D eigenvalue weighted by atomic mass is 127. The second kappa shape index (κ2) is 5.49. The van der Waals surface area contributed by atoms with Crippen LogP contribution in [0.15, 0.2) is 42.5 Å². The topological polar surface area (TPSA) is 0 Å². The van der Waals surface area contributed by atoms with E-state index in [0.717, 1.165) is 6.42 Å². The van der Waals surface area contributed by atoms with Crippen LogP contribution in [-0.2, 0) is 6.42 Å². The molecule has 0 unspecified atom stereocenters. The molecule has 0 amide bonds. The third-order valence-electron chi connectivity index (χ3n) is 2.47. The van der Waals surface area contributed by atoms with E-state index < -0.39 is 0 Å². The molecule has 2 aromatic carbocycles. The predicted molar refractivity (Wildman–Crippen MR) is 85.9 cm³/mol. The van der Waals surface area contributed by atoms with Crippen LogP contribution in [0.5, 0.6) is 0 Å². The molecule has 0 aliphatic heterocycles. The molecule has 0 fully saturated rings. The minimum atomic E-state index is 1.02. The van der Waals surface area contributed by atoms with Gasteiger partial charge in [0.15, 0.2) is 0 Å². The Hall–Kier alpha value is -0.100. The SMILES string of the molecule is Cc1cccc(Cc2ccc(I)c(I)c2)c1. The molecule has 0 N–H and O–H groups in total. The highest BCUT2D eigenvalue weighted by Gasteiger charge is 2.00. The zero-order valence-electron chi connectivity index (χ0n) is 9.00. The minimum Gasteiger partial charge on any atom is -0.0617 e. The zero-order valence-corrected chi connectivity index (χ0v) is 13.3. The van der Waals surface area contributed by atoms with Gasteiger partial charge in [0.1, 0.15) is 0 Å². The largest absolute Gasteiger partial charge is 0.0617 e. The van der Waals surface area contributed by atoms with Gasteiger partial charge < -0.3 is 0 Å². The van der Waals surface area contributed by atoms with Crippen molar-refractivity contribution in [3.63, 3.8) is 0 Å². The third kappa shape index (κ3) is 3.20. The van der Waals surface area contributed by atoms with Crippen molar-refractivity contribution in [1.29, 1.82) is 0 Å². The Labute approximate surface area is 124 Å². The van der Waals surface area contributed by atoms with Crippen LogP contribution in [-0.4, -0.2) is 0 Å². The summed E-state index contributed by atoms with van der Waals surface area (Å²) in [7, 11) is 0. The smallest absolute Gasteiger partial charge is 0.0266 e. The van der Waals surface area contributed by atoms with Gasteiger partial charge in [0.25, 0.3) is 0 Å². The quantitative estimate of drug-likeness (QED) is 0.597. The monoisotopic (exact) mass is 434 g/mol. The number of halogens is 2. The van der Waals surface area contributed by atoms with E-state index >= 15 is 0 Å². The first-order valence-corrected chi connectivity index (χ1v) is 7.30. The van der Waals surface area contributed by atoms with Crippen LogP contribution in [0.4, 0.5) is 0 Å². The van der Waals surface area contributed by atoms with Gasteiger partial charge >= 0.3 is 0 Å². The van der Waals surface area contributed by atoms with Gasteiger partial charge in [-0.2, -0.15) is 0 Å². The molecule has 82 valence electrons. The normalized spacial score (nSPS) is 10.4. The summed E-state index contributed by atoms with van der Waals surface area (Å²) < 4.78 is 2.66. The fourth-order valence-corrected chi connectivity index (χ4v) is 2.62. The van der Waals surface area contributed by atoms with E-state index in [2.05, 4.69) is 94.6 Å². The Morgan fingerprint density at radius 3 is 2.31 bits per heavy atom. The Bertz CT molecular complexity index is 504. The summed E-state index contributed by atoms with van der Waals surface area (Å²) in [5.41, 5.74) is 4.10. The molecule has 0 spiro atoms. The van der Waals surface area contributed by atoms with Crippen molar-refractivity contribution in [3.8, 4) is 0 Å². The molecule has 0 heterocycles. The summed E-state index contributed by atoms with van der Waals surface area (Å²) in [6, 6.07) is 15.4. The molecule has 0 saturated heterocycles. The molecule has 0 bridgehead atoms. The second-order valence-corrected chi connectivity index (χ2v) is 6.24. The number of aryl methyl sites for hydroxylation is 1. The van der Waals surface area contributed by atoms with Crippen LogP contribution in [0.3, 0.4) is 0 Å². The average molecular weight is 434 g/mol. The molecular weight excluding hydrogens is 422 g/mol. The lowest BCUT2D eigenvalue weighted by Gasteiger charge is -2.05. The standard InChI is InChI=1S/C14H12I2/c1-10-3-2-4-11(7-10)8-12-5-6-13(15)14(16)9-12/h2-7,9H,8H2,1H3. The molecule has 0 aliphatic carbocycles. The first kappa shape index (κ1) is 12.4. The lowest BCUT2D eigenvalue weighted by Crippen LogP contribution is -1.90. The Morgan fingerprint density at radius 2 is 1.62 bits per heavy atom. The summed E-state index contributed by atoms with van der Waals surface area (Å²) in [5, 5.41) is 0. The summed E-state index contributed by atoms with van der Waals surface area (Å²) >= 11 is 4.76. The van der Waals surface area contributed by atoms with E-state index in [9.17, 15) is 0 Å². The average Bonchev–Trinajstić information content (AvgIpc) is 2.24. The molecule has 0 saturated carbocycles. The van der Waals surface area contributed by atoms with Gasteiger partial charge in [-0.3, -0.25) is 0 Å². The fourth-order valence-electron chi connectivity index (χ4n) is 1.71. The van der Waals surface area contributed by atoms with E-state index in [1.807, 2.05) is 0 Å². The van der Waals surface area contributed by atoms with Crippen LogP contribution >= 0.6 is 45.2 Å². The van der Waals surface area contributed by atoms with E-state index in [1.165, 1.54) is 23.8 Å². The van der Waals surface area contributed by atoms with Gasteiger partial charge in [0.05, 0.1) is 0 Å². The number of hydrogen-bond acceptors (Lipinski definition) is 0.